The highest BCUT2D eigenvalue weighted by molar-refractivity contribution is 6.30. The molecule has 1 aromatic rings. The molecule has 3 nitrogen and oxygen atoms in total. The standard InChI is InChI=1S/C12H17ClN2O/c1-9(10-4-5-16-8-10)14-7-12-3-2-11(13)6-15-12/h2-3,6,9-10,14H,4-5,7-8H2,1H3. The van der Waals surface area contributed by atoms with E-state index in [4.69, 9.17) is 16.3 Å². The number of nitrogens with one attached hydrogen (secondary N) is 1. The lowest BCUT2D eigenvalue weighted by Gasteiger charge is -2.18. The minimum Gasteiger partial charge on any atom is -0.381 e. The smallest absolute Gasteiger partial charge is 0.0589 e. The first kappa shape index (κ1) is 11.8. The highest BCUT2D eigenvalue weighted by Crippen LogP contribution is 2.16. The Morgan fingerprint density at radius 3 is 3.12 bits per heavy atom. The van der Waals surface area contributed by atoms with Gasteiger partial charge in [-0.05, 0) is 31.4 Å². The SMILES string of the molecule is CC(NCc1ccc(Cl)cn1)C1CCOC1. The summed E-state index contributed by atoms with van der Waals surface area (Å²) in [5.41, 5.74) is 1.02. The van der Waals surface area contributed by atoms with Gasteiger partial charge in [0.1, 0.15) is 0 Å². The van der Waals surface area contributed by atoms with Gasteiger partial charge < -0.3 is 10.1 Å². The molecule has 0 aliphatic carbocycles. The van der Waals surface area contributed by atoms with Crippen molar-refractivity contribution in [1.82, 2.24) is 10.3 Å². The zero-order valence-electron chi connectivity index (χ0n) is 9.45. The molecular formula is C12H17ClN2O. The van der Waals surface area contributed by atoms with Crippen LogP contribution < -0.4 is 5.32 Å². The fourth-order valence-corrected chi connectivity index (χ4v) is 2.00. The van der Waals surface area contributed by atoms with Crippen molar-refractivity contribution in [2.75, 3.05) is 13.2 Å². The van der Waals surface area contributed by atoms with E-state index in [1.165, 1.54) is 0 Å². The summed E-state index contributed by atoms with van der Waals surface area (Å²) in [6.45, 7) is 4.77. The van der Waals surface area contributed by atoms with Gasteiger partial charge in [-0.2, -0.15) is 0 Å². The third kappa shape index (κ3) is 3.17. The molecule has 0 aromatic carbocycles. The molecule has 0 saturated carbocycles. The molecule has 0 spiro atoms. The lowest BCUT2D eigenvalue weighted by atomic mass is 10.0. The number of hydrogen-bond donors (Lipinski definition) is 1. The summed E-state index contributed by atoms with van der Waals surface area (Å²) in [5.74, 6) is 0.632. The number of halogens is 1. The molecule has 1 N–H and O–H groups in total. The fraction of sp³-hybridized carbons (Fsp3) is 0.583. The first-order valence-electron chi connectivity index (χ1n) is 5.67. The Morgan fingerprint density at radius 2 is 2.50 bits per heavy atom. The third-order valence-electron chi connectivity index (χ3n) is 3.07. The topological polar surface area (TPSA) is 34.2 Å². The highest BCUT2D eigenvalue weighted by Gasteiger charge is 2.21. The molecule has 1 saturated heterocycles. The monoisotopic (exact) mass is 240 g/mol. The van der Waals surface area contributed by atoms with Crippen molar-refractivity contribution in [2.45, 2.75) is 25.9 Å². The number of nitrogens with zero attached hydrogens (tertiary/aromatic N) is 1. The first-order chi connectivity index (χ1) is 7.75. The van der Waals surface area contributed by atoms with Gasteiger partial charge in [-0.1, -0.05) is 11.6 Å². The Balaban J connectivity index is 1.80. The van der Waals surface area contributed by atoms with Gasteiger partial charge in [-0.15, -0.1) is 0 Å². The van der Waals surface area contributed by atoms with Gasteiger partial charge in [0.2, 0.25) is 0 Å². The van der Waals surface area contributed by atoms with Crippen LogP contribution in [-0.2, 0) is 11.3 Å². The number of ether oxygens (including phenoxy) is 1. The van der Waals surface area contributed by atoms with Gasteiger partial charge in [0.05, 0.1) is 17.3 Å². The van der Waals surface area contributed by atoms with Crippen molar-refractivity contribution in [3.05, 3.63) is 29.0 Å². The van der Waals surface area contributed by atoms with Crippen molar-refractivity contribution in [2.24, 2.45) is 5.92 Å². The predicted molar refractivity (Wildman–Crippen MR) is 64.5 cm³/mol. The van der Waals surface area contributed by atoms with E-state index in [9.17, 15) is 0 Å². The Kier molecular flexibility index (Phi) is 4.16. The van der Waals surface area contributed by atoms with Crippen molar-refractivity contribution < 1.29 is 4.74 Å². The van der Waals surface area contributed by atoms with E-state index in [0.29, 0.717) is 17.0 Å². The molecule has 1 aromatic heterocycles. The summed E-state index contributed by atoms with van der Waals surface area (Å²) in [7, 11) is 0. The number of hydrogen-bond acceptors (Lipinski definition) is 3. The summed E-state index contributed by atoms with van der Waals surface area (Å²) in [5, 5.41) is 4.16. The largest absolute Gasteiger partial charge is 0.381 e. The molecule has 1 aliphatic rings. The molecule has 2 atom stereocenters. The molecule has 1 aliphatic heterocycles. The van der Waals surface area contributed by atoms with Crippen LogP contribution in [0.3, 0.4) is 0 Å². The zero-order valence-corrected chi connectivity index (χ0v) is 10.2. The van der Waals surface area contributed by atoms with E-state index in [1.807, 2.05) is 12.1 Å². The van der Waals surface area contributed by atoms with E-state index in [2.05, 4.69) is 17.2 Å². The molecule has 2 unspecified atom stereocenters. The average molecular weight is 241 g/mol. The van der Waals surface area contributed by atoms with Crippen LogP contribution in [0.15, 0.2) is 18.3 Å². The molecule has 0 amide bonds. The second kappa shape index (κ2) is 5.62. The van der Waals surface area contributed by atoms with Gasteiger partial charge in [0.25, 0.3) is 0 Å². The fourth-order valence-electron chi connectivity index (χ4n) is 1.89. The number of rotatable bonds is 4. The molecule has 4 heteroatoms. The van der Waals surface area contributed by atoms with E-state index < -0.39 is 0 Å². The summed E-state index contributed by atoms with van der Waals surface area (Å²) < 4.78 is 5.37. The van der Waals surface area contributed by atoms with E-state index in [0.717, 1.165) is 31.9 Å². The van der Waals surface area contributed by atoms with Gasteiger partial charge >= 0.3 is 0 Å². The summed E-state index contributed by atoms with van der Waals surface area (Å²) in [6, 6.07) is 4.29. The van der Waals surface area contributed by atoms with E-state index in [-0.39, 0.29) is 0 Å². The number of aromatic nitrogens is 1. The van der Waals surface area contributed by atoms with Gasteiger partial charge in [0, 0.05) is 25.4 Å². The van der Waals surface area contributed by atoms with Crippen LogP contribution in [0.4, 0.5) is 0 Å². The number of pyridine rings is 1. The first-order valence-corrected chi connectivity index (χ1v) is 6.05. The Bertz CT molecular complexity index is 322. The molecule has 1 fully saturated rings. The summed E-state index contributed by atoms with van der Waals surface area (Å²) in [6.07, 6.45) is 2.84. The minimum absolute atomic E-state index is 0.472. The van der Waals surface area contributed by atoms with Crippen LogP contribution in [0.2, 0.25) is 5.02 Å². The van der Waals surface area contributed by atoms with Gasteiger partial charge in [0.15, 0.2) is 0 Å². The van der Waals surface area contributed by atoms with E-state index in [1.54, 1.807) is 6.20 Å². The predicted octanol–water partition coefficient (Wildman–Crippen LogP) is 2.25. The van der Waals surface area contributed by atoms with Gasteiger partial charge in [-0.3, -0.25) is 4.98 Å². The van der Waals surface area contributed by atoms with Crippen molar-refractivity contribution in [1.29, 1.82) is 0 Å². The maximum absolute atomic E-state index is 5.78. The van der Waals surface area contributed by atoms with Crippen LogP contribution in [0.5, 0.6) is 0 Å². The Hall–Kier alpha value is -0.640. The van der Waals surface area contributed by atoms with Crippen molar-refractivity contribution in [3.8, 4) is 0 Å². The molecule has 0 bridgehead atoms. The van der Waals surface area contributed by atoms with Crippen molar-refractivity contribution >= 4 is 11.6 Å². The van der Waals surface area contributed by atoms with Crippen LogP contribution in [0, 0.1) is 5.92 Å². The summed E-state index contributed by atoms with van der Waals surface area (Å²) >= 11 is 5.78. The molecule has 88 valence electrons. The third-order valence-corrected chi connectivity index (χ3v) is 3.29. The molecule has 16 heavy (non-hydrogen) atoms. The highest BCUT2D eigenvalue weighted by atomic mass is 35.5. The molecule has 2 rings (SSSR count). The lowest BCUT2D eigenvalue weighted by Crippen LogP contribution is -2.33. The second-order valence-electron chi connectivity index (χ2n) is 4.26. The average Bonchev–Trinajstić information content (AvgIpc) is 2.81. The Labute approximate surface area is 101 Å². The second-order valence-corrected chi connectivity index (χ2v) is 4.70. The van der Waals surface area contributed by atoms with Gasteiger partial charge in [-0.25, -0.2) is 0 Å². The minimum atomic E-state index is 0.472. The maximum atomic E-state index is 5.78. The van der Waals surface area contributed by atoms with Crippen molar-refractivity contribution in [3.63, 3.8) is 0 Å². The van der Waals surface area contributed by atoms with Crippen LogP contribution >= 0.6 is 11.6 Å². The molecular weight excluding hydrogens is 224 g/mol. The Morgan fingerprint density at radius 1 is 1.62 bits per heavy atom. The molecule has 0 radical (unpaired) electrons. The quantitative estimate of drug-likeness (QED) is 0.877. The lowest BCUT2D eigenvalue weighted by molar-refractivity contribution is 0.178. The summed E-state index contributed by atoms with van der Waals surface area (Å²) in [4.78, 5) is 4.25. The van der Waals surface area contributed by atoms with Crippen LogP contribution in [0.1, 0.15) is 19.0 Å². The van der Waals surface area contributed by atoms with E-state index >= 15 is 0 Å². The molecule has 2 heterocycles. The normalized spacial score (nSPS) is 22.2. The zero-order chi connectivity index (χ0) is 11.4. The van der Waals surface area contributed by atoms with Crippen LogP contribution in [-0.4, -0.2) is 24.2 Å². The van der Waals surface area contributed by atoms with Crippen LogP contribution in [0.25, 0.3) is 0 Å². The maximum Gasteiger partial charge on any atom is 0.0589 e.